The van der Waals surface area contributed by atoms with Crippen LogP contribution in [0.3, 0.4) is 0 Å². The van der Waals surface area contributed by atoms with Gasteiger partial charge in [-0.2, -0.15) is 0 Å². The molecule has 0 aromatic heterocycles. The number of carbonyl (C=O) groups excluding carboxylic acids is 2. The van der Waals surface area contributed by atoms with Gasteiger partial charge in [0.25, 0.3) is 5.91 Å². The first kappa shape index (κ1) is 15.5. The van der Waals surface area contributed by atoms with E-state index >= 15 is 0 Å². The molecular formula is C19H18N2O4. The fraction of sp³-hybridized carbons (Fsp3) is 0.263. The minimum Gasteiger partial charge on any atom is -0.454 e. The van der Waals surface area contributed by atoms with E-state index in [1.54, 1.807) is 17.0 Å². The van der Waals surface area contributed by atoms with Crippen molar-refractivity contribution in [3.8, 4) is 11.5 Å². The number of ether oxygens (including phenoxy) is 2. The van der Waals surface area contributed by atoms with E-state index < -0.39 is 0 Å². The van der Waals surface area contributed by atoms with E-state index in [9.17, 15) is 9.59 Å². The molecule has 1 saturated heterocycles. The molecule has 1 fully saturated rings. The first-order chi connectivity index (χ1) is 12.2. The Bertz CT molecular complexity index is 806. The maximum Gasteiger partial charge on any atom is 0.251 e. The Balaban J connectivity index is 1.38. The van der Waals surface area contributed by atoms with E-state index in [2.05, 4.69) is 5.32 Å². The highest BCUT2D eigenvalue weighted by Gasteiger charge is 2.31. The Labute approximate surface area is 145 Å². The number of hydrogen-bond acceptors (Lipinski definition) is 4. The standard InChI is InChI=1S/C19H18N2O4/c22-18-8-13(10-20-19(23)14-4-2-1-3-5-14)11-21(18)15-6-7-16-17(9-15)25-12-24-16/h1-7,9,13H,8,10-12H2,(H,20,23)/t13-/m0/s1. The molecule has 4 rings (SSSR count). The van der Waals surface area contributed by atoms with Gasteiger partial charge in [0.2, 0.25) is 12.7 Å². The van der Waals surface area contributed by atoms with Crippen LogP contribution < -0.4 is 19.7 Å². The van der Waals surface area contributed by atoms with Crippen molar-refractivity contribution < 1.29 is 19.1 Å². The summed E-state index contributed by atoms with van der Waals surface area (Å²) in [5, 5.41) is 2.91. The predicted octanol–water partition coefficient (Wildman–Crippen LogP) is 2.20. The van der Waals surface area contributed by atoms with Crippen molar-refractivity contribution in [2.45, 2.75) is 6.42 Å². The van der Waals surface area contributed by atoms with E-state index in [1.807, 2.05) is 36.4 Å². The molecule has 6 nitrogen and oxygen atoms in total. The lowest BCUT2D eigenvalue weighted by Gasteiger charge is -2.17. The lowest BCUT2D eigenvalue weighted by atomic mass is 10.1. The molecule has 1 atom stereocenters. The molecule has 0 spiro atoms. The van der Waals surface area contributed by atoms with E-state index in [1.165, 1.54) is 0 Å². The average Bonchev–Trinajstić information content (AvgIpc) is 3.26. The summed E-state index contributed by atoms with van der Waals surface area (Å²) in [5.74, 6) is 1.38. The highest BCUT2D eigenvalue weighted by molar-refractivity contribution is 5.96. The number of carbonyl (C=O) groups is 2. The SMILES string of the molecule is O=C(NC[C@@H]1CC(=O)N(c2ccc3c(c2)OCO3)C1)c1ccccc1. The van der Waals surface area contributed by atoms with Gasteiger partial charge in [0.05, 0.1) is 0 Å². The first-order valence-electron chi connectivity index (χ1n) is 8.24. The molecule has 2 amide bonds. The van der Waals surface area contributed by atoms with E-state index in [0.717, 1.165) is 5.69 Å². The van der Waals surface area contributed by atoms with Crippen molar-refractivity contribution in [2.24, 2.45) is 5.92 Å². The Hall–Kier alpha value is -3.02. The molecule has 6 heteroatoms. The van der Waals surface area contributed by atoms with Gasteiger partial charge in [0.15, 0.2) is 11.5 Å². The molecule has 128 valence electrons. The fourth-order valence-corrected chi connectivity index (χ4v) is 3.15. The summed E-state index contributed by atoms with van der Waals surface area (Å²) in [6.07, 6.45) is 0.420. The maximum absolute atomic E-state index is 12.3. The van der Waals surface area contributed by atoms with Gasteiger partial charge >= 0.3 is 0 Å². The van der Waals surface area contributed by atoms with Crippen LogP contribution in [-0.2, 0) is 4.79 Å². The first-order valence-corrected chi connectivity index (χ1v) is 8.24. The third kappa shape index (κ3) is 3.15. The zero-order valence-electron chi connectivity index (χ0n) is 13.6. The molecule has 0 saturated carbocycles. The summed E-state index contributed by atoms with van der Waals surface area (Å²) in [6, 6.07) is 14.6. The van der Waals surface area contributed by atoms with Crippen LogP contribution >= 0.6 is 0 Å². The van der Waals surface area contributed by atoms with Crippen LogP contribution in [-0.4, -0.2) is 31.7 Å². The van der Waals surface area contributed by atoms with Gasteiger partial charge in [0, 0.05) is 42.7 Å². The fourth-order valence-electron chi connectivity index (χ4n) is 3.15. The van der Waals surface area contributed by atoms with Gasteiger partial charge in [-0.25, -0.2) is 0 Å². The Morgan fingerprint density at radius 3 is 2.76 bits per heavy atom. The summed E-state index contributed by atoms with van der Waals surface area (Å²) in [4.78, 5) is 26.2. The Morgan fingerprint density at radius 2 is 1.92 bits per heavy atom. The van der Waals surface area contributed by atoms with E-state index in [-0.39, 0.29) is 24.5 Å². The van der Waals surface area contributed by atoms with Gasteiger partial charge in [-0.15, -0.1) is 0 Å². The molecule has 0 aliphatic carbocycles. The third-order valence-electron chi connectivity index (χ3n) is 4.46. The number of benzene rings is 2. The number of anilines is 1. The van der Waals surface area contributed by atoms with Crippen LogP contribution in [0.2, 0.25) is 0 Å². The summed E-state index contributed by atoms with van der Waals surface area (Å²) in [7, 11) is 0. The molecule has 2 aromatic rings. The molecule has 2 aliphatic rings. The molecular weight excluding hydrogens is 320 g/mol. The van der Waals surface area contributed by atoms with Gasteiger partial charge in [-0.05, 0) is 24.3 Å². The third-order valence-corrected chi connectivity index (χ3v) is 4.46. The smallest absolute Gasteiger partial charge is 0.251 e. The minimum absolute atomic E-state index is 0.0535. The van der Waals surface area contributed by atoms with Crippen molar-refractivity contribution in [1.82, 2.24) is 5.32 Å². The largest absolute Gasteiger partial charge is 0.454 e. The molecule has 0 radical (unpaired) electrons. The van der Waals surface area contributed by atoms with E-state index in [4.69, 9.17) is 9.47 Å². The lowest BCUT2D eigenvalue weighted by molar-refractivity contribution is -0.117. The quantitative estimate of drug-likeness (QED) is 0.928. The molecule has 2 aliphatic heterocycles. The maximum atomic E-state index is 12.3. The molecule has 2 aromatic carbocycles. The van der Waals surface area contributed by atoms with Crippen LogP contribution in [0.25, 0.3) is 0 Å². The minimum atomic E-state index is -0.116. The summed E-state index contributed by atoms with van der Waals surface area (Å²) < 4.78 is 10.7. The monoisotopic (exact) mass is 338 g/mol. The topological polar surface area (TPSA) is 67.9 Å². The molecule has 25 heavy (non-hydrogen) atoms. The van der Waals surface area contributed by atoms with Crippen molar-refractivity contribution in [1.29, 1.82) is 0 Å². The normalized spacial score (nSPS) is 18.5. The van der Waals surface area contributed by atoms with Crippen LogP contribution in [0.5, 0.6) is 11.5 Å². The van der Waals surface area contributed by atoms with Gasteiger partial charge < -0.3 is 19.7 Å². The van der Waals surface area contributed by atoms with Gasteiger partial charge in [-0.1, -0.05) is 18.2 Å². The van der Waals surface area contributed by atoms with Crippen molar-refractivity contribution in [3.05, 3.63) is 54.1 Å². The number of hydrogen-bond donors (Lipinski definition) is 1. The second-order valence-corrected chi connectivity index (χ2v) is 6.19. The highest BCUT2D eigenvalue weighted by atomic mass is 16.7. The number of rotatable bonds is 4. The molecule has 0 bridgehead atoms. The van der Waals surface area contributed by atoms with Crippen molar-refractivity contribution in [3.63, 3.8) is 0 Å². The average molecular weight is 338 g/mol. The number of amides is 2. The summed E-state index contributed by atoms with van der Waals surface area (Å²) >= 11 is 0. The zero-order chi connectivity index (χ0) is 17.2. The summed E-state index contributed by atoms with van der Waals surface area (Å²) in [5.41, 5.74) is 1.42. The van der Waals surface area contributed by atoms with Crippen LogP contribution in [0.15, 0.2) is 48.5 Å². The Morgan fingerprint density at radius 1 is 1.12 bits per heavy atom. The molecule has 2 heterocycles. The number of nitrogens with zero attached hydrogens (tertiary/aromatic N) is 1. The number of nitrogens with one attached hydrogen (secondary N) is 1. The second-order valence-electron chi connectivity index (χ2n) is 6.19. The van der Waals surface area contributed by atoms with Crippen molar-refractivity contribution in [2.75, 3.05) is 24.8 Å². The van der Waals surface area contributed by atoms with E-state index in [0.29, 0.717) is 36.6 Å². The second kappa shape index (κ2) is 6.47. The van der Waals surface area contributed by atoms with Crippen molar-refractivity contribution >= 4 is 17.5 Å². The lowest BCUT2D eigenvalue weighted by Crippen LogP contribution is -2.31. The van der Waals surface area contributed by atoms with Crippen LogP contribution in [0, 0.1) is 5.92 Å². The molecule has 0 unspecified atom stereocenters. The Kier molecular flexibility index (Phi) is 4.01. The van der Waals surface area contributed by atoms with Crippen LogP contribution in [0.1, 0.15) is 16.8 Å². The predicted molar refractivity (Wildman–Crippen MR) is 91.8 cm³/mol. The highest BCUT2D eigenvalue weighted by Crippen LogP contribution is 2.37. The number of fused-ring (bicyclic) bond motifs is 1. The summed E-state index contributed by atoms with van der Waals surface area (Å²) in [6.45, 7) is 1.26. The molecule has 1 N–H and O–H groups in total. The van der Waals surface area contributed by atoms with Gasteiger partial charge in [-0.3, -0.25) is 9.59 Å². The van der Waals surface area contributed by atoms with Crippen LogP contribution in [0.4, 0.5) is 5.69 Å². The zero-order valence-corrected chi connectivity index (χ0v) is 13.6. The van der Waals surface area contributed by atoms with Gasteiger partial charge in [0.1, 0.15) is 0 Å².